The molecule has 0 spiro atoms. The van der Waals surface area contributed by atoms with E-state index in [1.165, 1.54) is 14.2 Å². The minimum atomic E-state index is -0.991. The Bertz CT molecular complexity index is 689. The van der Waals surface area contributed by atoms with Gasteiger partial charge in [-0.15, -0.1) is 0 Å². The van der Waals surface area contributed by atoms with Crippen LogP contribution in [-0.2, 0) is 9.53 Å². The lowest BCUT2D eigenvalue weighted by Crippen LogP contribution is -2.48. The van der Waals surface area contributed by atoms with Crippen LogP contribution in [0.25, 0.3) is 0 Å². The molecule has 0 aliphatic rings. The maximum atomic E-state index is 12.0. The van der Waals surface area contributed by atoms with Gasteiger partial charge in [-0.25, -0.2) is 9.78 Å². The molecule has 0 aliphatic carbocycles. The molecule has 7 heteroatoms. The molecule has 0 saturated heterocycles. The van der Waals surface area contributed by atoms with E-state index in [0.29, 0.717) is 11.4 Å². The van der Waals surface area contributed by atoms with Gasteiger partial charge in [-0.3, -0.25) is 4.79 Å². The topological polar surface area (TPSA) is 104 Å². The Labute approximate surface area is 139 Å². The van der Waals surface area contributed by atoms with E-state index in [1.54, 1.807) is 18.3 Å². The second-order valence-corrected chi connectivity index (χ2v) is 5.04. The summed E-state index contributed by atoms with van der Waals surface area (Å²) in [4.78, 5) is 27.8. The number of rotatable bonds is 6. The van der Waals surface area contributed by atoms with Crippen LogP contribution in [0.1, 0.15) is 17.0 Å². The first kappa shape index (κ1) is 17.3. The van der Waals surface area contributed by atoms with Gasteiger partial charge >= 0.3 is 6.09 Å². The van der Waals surface area contributed by atoms with Crippen molar-refractivity contribution in [2.24, 2.45) is 5.73 Å². The summed E-state index contributed by atoms with van der Waals surface area (Å²) >= 11 is 0. The second kappa shape index (κ2) is 7.96. The summed E-state index contributed by atoms with van der Waals surface area (Å²) in [6, 6.07) is 11.7. The minimum absolute atomic E-state index is 0.446. The van der Waals surface area contributed by atoms with Gasteiger partial charge in [-0.1, -0.05) is 36.4 Å². The zero-order valence-electron chi connectivity index (χ0n) is 13.4. The van der Waals surface area contributed by atoms with Crippen LogP contribution in [0.2, 0.25) is 0 Å². The highest BCUT2D eigenvalue weighted by Crippen LogP contribution is 2.28. The molecule has 7 nitrogen and oxygen atoms in total. The summed E-state index contributed by atoms with van der Waals surface area (Å²) in [7, 11) is 2.74. The standard InChI is InChI=1S/C17H19N3O4/c1-23-13-9-8-12(10-19-13)14(11-6-4-3-5-7-11)15(16(18)21)20-17(22)24-2/h3-10,14-15H,1-2H3,(H2,18,21)(H,20,22)/t14?,15-/m0/s1. The number of alkyl carbamates (subject to hydrolysis) is 1. The maximum absolute atomic E-state index is 12.0. The van der Waals surface area contributed by atoms with E-state index in [4.69, 9.17) is 10.5 Å². The number of benzene rings is 1. The fourth-order valence-corrected chi connectivity index (χ4v) is 2.44. The van der Waals surface area contributed by atoms with Gasteiger partial charge in [0.1, 0.15) is 6.04 Å². The number of primary amides is 1. The Morgan fingerprint density at radius 1 is 1.08 bits per heavy atom. The fourth-order valence-electron chi connectivity index (χ4n) is 2.44. The number of methoxy groups -OCH3 is 2. The Morgan fingerprint density at radius 3 is 2.29 bits per heavy atom. The third-order valence-electron chi connectivity index (χ3n) is 3.58. The zero-order chi connectivity index (χ0) is 17.5. The van der Waals surface area contributed by atoms with Crippen molar-refractivity contribution in [2.75, 3.05) is 14.2 Å². The molecule has 2 atom stereocenters. The van der Waals surface area contributed by atoms with E-state index in [0.717, 1.165) is 5.56 Å². The molecule has 0 fully saturated rings. The molecule has 0 bridgehead atoms. The van der Waals surface area contributed by atoms with E-state index in [1.807, 2.05) is 30.3 Å². The highest BCUT2D eigenvalue weighted by atomic mass is 16.5. The first-order valence-electron chi connectivity index (χ1n) is 7.25. The number of nitrogens with zero attached hydrogens (tertiary/aromatic N) is 1. The number of hydrogen-bond acceptors (Lipinski definition) is 5. The van der Waals surface area contributed by atoms with Crippen molar-refractivity contribution in [1.82, 2.24) is 10.3 Å². The number of carbonyl (C=O) groups is 2. The number of hydrogen-bond donors (Lipinski definition) is 2. The summed E-state index contributed by atoms with van der Waals surface area (Å²) in [5, 5.41) is 2.50. The lowest BCUT2D eigenvalue weighted by Gasteiger charge is -2.26. The number of aromatic nitrogens is 1. The van der Waals surface area contributed by atoms with Gasteiger partial charge in [0.15, 0.2) is 0 Å². The molecule has 0 aliphatic heterocycles. The molecule has 1 unspecified atom stereocenters. The average molecular weight is 329 g/mol. The Morgan fingerprint density at radius 2 is 1.79 bits per heavy atom. The smallest absolute Gasteiger partial charge is 0.407 e. The number of amides is 2. The third kappa shape index (κ3) is 4.01. The Hall–Kier alpha value is -3.09. The number of ether oxygens (including phenoxy) is 2. The summed E-state index contributed by atoms with van der Waals surface area (Å²) in [6.45, 7) is 0. The number of carbonyl (C=O) groups excluding carboxylic acids is 2. The predicted octanol–water partition coefficient (Wildman–Crippen LogP) is 1.43. The summed E-state index contributed by atoms with van der Waals surface area (Å²) in [6.07, 6.45) is 0.854. The van der Waals surface area contributed by atoms with Crippen LogP contribution >= 0.6 is 0 Å². The number of nitrogens with two attached hydrogens (primary N) is 1. The molecule has 2 aromatic rings. The average Bonchev–Trinajstić information content (AvgIpc) is 2.62. The molecule has 2 rings (SSSR count). The number of nitrogens with one attached hydrogen (secondary N) is 1. The van der Waals surface area contributed by atoms with Gasteiger partial charge in [0.25, 0.3) is 0 Å². The third-order valence-corrected chi connectivity index (χ3v) is 3.58. The summed E-state index contributed by atoms with van der Waals surface area (Å²) in [5.74, 6) is -0.742. The largest absolute Gasteiger partial charge is 0.481 e. The van der Waals surface area contributed by atoms with Crippen LogP contribution < -0.4 is 15.8 Å². The maximum Gasteiger partial charge on any atom is 0.407 e. The van der Waals surface area contributed by atoms with E-state index < -0.39 is 24.0 Å². The summed E-state index contributed by atoms with van der Waals surface area (Å²) in [5.41, 5.74) is 7.04. The van der Waals surface area contributed by atoms with Crippen molar-refractivity contribution in [3.8, 4) is 5.88 Å². The quantitative estimate of drug-likeness (QED) is 0.834. The number of pyridine rings is 1. The van der Waals surface area contributed by atoms with Crippen LogP contribution in [0.3, 0.4) is 0 Å². The van der Waals surface area contributed by atoms with E-state index >= 15 is 0 Å². The molecule has 0 saturated carbocycles. The molecule has 0 radical (unpaired) electrons. The molecule has 2 amide bonds. The van der Waals surface area contributed by atoms with Crippen molar-refractivity contribution < 1.29 is 19.1 Å². The van der Waals surface area contributed by atoms with Crippen LogP contribution in [-0.4, -0.2) is 37.2 Å². The molecule has 1 aromatic heterocycles. The van der Waals surface area contributed by atoms with Gasteiger partial charge < -0.3 is 20.5 Å². The highest BCUT2D eigenvalue weighted by molar-refractivity contribution is 5.86. The lowest BCUT2D eigenvalue weighted by atomic mass is 9.85. The molecular weight excluding hydrogens is 310 g/mol. The van der Waals surface area contributed by atoms with Gasteiger partial charge in [0, 0.05) is 18.2 Å². The van der Waals surface area contributed by atoms with Crippen LogP contribution in [0.15, 0.2) is 48.7 Å². The summed E-state index contributed by atoms with van der Waals surface area (Å²) < 4.78 is 9.65. The van der Waals surface area contributed by atoms with Gasteiger partial charge in [0.05, 0.1) is 14.2 Å². The second-order valence-electron chi connectivity index (χ2n) is 5.04. The molecule has 1 heterocycles. The molecule has 1 aromatic carbocycles. The van der Waals surface area contributed by atoms with Gasteiger partial charge in [-0.05, 0) is 11.1 Å². The SMILES string of the molecule is COC(=O)N[C@H](C(N)=O)C(c1ccccc1)c1ccc(OC)nc1. The van der Waals surface area contributed by atoms with E-state index in [-0.39, 0.29) is 0 Å². The van der Waals surface area contributed by atoms with Crippen molar-refractivity contribution in [3.05, 3.63) is 59.8 Å². The molecule has 24 heavy (non-hydrogen) atoms. The molecule has 3 N–H and O–H groups in total. The van der Waals surface area contributed by atoms with Crippen molar-refractivity contribution in [1.29, 1.82) is 0 Å². The van der Waals surface area contributed by atoms with Crippen LogP contribution in [0.5, 0.6) is 5.88 Å². The zero-order valence-corrected chi connectivity index (χ0v) is 13.4. The predicted molar refractivity (Wildman–Crippen MR) is 87.6 cm³/mol. The van der Waals surface area contributed by atoms with Gasteiger partial charge in [-0.2, -0.15) is 0 Å². The van der Waals surface area contributed by atoms with Crippen LogP contribution in [0.4, 0.5) is 4.79 Å². The van der Waals surface area contributed by atoms with Crippen LogP contribution in [0, 0.1) is 0 Å². The fraction of sp³-hybridized carbons (Fsp3) is 0.235. The molecular formula is C17H19N3O4. The first-order chi connectivity index (χ1) is 11.6. The van der Waals surface area contributed by atoms with Gasteiger partial charge in [0.2, 0.25) is 11.8 Å². The Kier molecular flexibility index (Phi) is 5.73. The first-order valence-corrected chi connectivity index (χ1v) is 7.25. The van der Waals surface area contributed by atoms with Crippen molar-refractivity contribution >= 4 is 12.0 Å². The highest BCUT2D eigenvalue weighted by Gasteiger charge is 2.31. The monoisotopic (exact) mass is 329 g/mol. The van der Waals surface area contributed by atoms with E-state index in [2.05, 4.69) is 15.0 Å². The lowest BCUT2D eigenvalue weighted by molar-refractivity contribution is -0.120. The minimum Gasteiger partial charge on any atom is -0.481 e. The van der Waals surface area contributed by atoms with Crippen molar-refractivity contribution in [2.45, 2.75) is 12.0 Å². The Balaban J connectivity index is 2.47. The normalized spacial score (nSPS) is 12.8. The van der Waals surface area contributed by atoms with E-state index in [9.17, 15) is 9.59 Å². The van der Waals surface area contributed by atoms with Crippen molar-refractivity contribution in [3.63, 3.8) is 0 Å². The molecule has 126 valence electrons.